The first-order valence-electron chi connectivity index (χ1n) is 7.27. The minimum Gasteiger partial charge on any atom is -0.381 e. The van der Waals surface area contributed by atoms with Crippen molar-refractivity contribution in [1.29, 1.82) is 0 Å². The largest absolute Gasteiger partial charge is 0.381 e. The Morgan fingerprint density at radius 1 is 1.11 bits per heavy atom. The molecule has 0 spiro atoms. The maximum Gasteiger partial charge on any atom is 0.0469 e. The van der Waals surface area contributed by atoms with Gasteiger partial charge in [-0.2, -0.15) is 0 Å². The Balaban J connectivity index is 1.42. The number of benzene rings is 1. The molecular weight excluding hydrogens is 222 g/mol. The quantitative estimate of drug-likeness (QED) is 0.713. The maximum absolute atomic E-state index is 5.71. The highest BCUT2D eigenvalue weighted by Crippen LogP contribution is 2.12. The van der Waals surface area contributed by atoms with Crippen molar-refractivity contribution >= 4 is 0 Å². The van der Waals surface area contributed by atoms with Gasteiger partial charge in [-0.05, 0) is 56.7 Å². The summed E-state index contributed by atoms with van der Waals surface area (Å²) >= 11 is 0. The summed E-state index contributed by atoms with van der Waals surface area (Å²) in [6.07, 6.45) is 6.15. The van der Waals surface area contributed by atoms with Crippen molar-refractivity contribution in [3.8, 4) is 0 Å². The summed E-state index contributed by atoms with van der Waals surface area (Å²) < 4.78 is 5.71. The lowest BCUT2D eigenvalue weighted by atomic mass is 10.1. The zero-order valence-electron chi connectivity index (χ0n) is 11.2. The second kappa shape index (κ2) is 8.28. The van der Waals surface area contributed by atoms with Crippen LogP contribution >= 0.6 is 0 Å². The Hall–Kier alpha value is -0.860. The van der Waals surface area contributed by atoms with E-state index in [-0.39, 0.29) is 0 Å². The van der Waals surface area contributed by atoms with Gasteiger partial charge in [0, 0.05) is 13.2 Å². The fourth-order valence-corrected chi connectivity index (χ4v) is 2.49. The number of nitrogens with one attached hydrogen (secondary N) is 1. The van der Waals surface area contributed by atoms with Crippen LogP contribution in [0.15, 0.2) is 30.3 Å². The van der Waals surface area contributed by atoms with Gasteiger partial charge in [0.1, 0.15) is 0 Å². The molecule has 1 saturated heterocycles. The molecule has 1 aromatic rings. The molecule has 2 heteroatoms. The van der Waals surface area contributed by atoms with Gasteiger partial charge >= 0.3 is 0 Å². The van der Waals surface area contributed by atoms with Crippen molar-refractivity contribution in [1.82, 2.24) is 5.32 Å². The summed E-state index contributed by atoms with van der Waals surface area (Å²) in [5, 5.41) is 3.40. The predicted octanol–water partition coefficient (Wildman–Crippen LogP) is 3.03. The average Bonchev–Trinajstić information content (AvgIpc) is 2.92. The summed E-state index contributed by atoms with van der Waals surface area (Å²) in [5.74, 6) is 0.856. The van der Waals surface area contributed by atoms with E-state index < -0.39 is 0 Å². The standard InChI is InChI=1S/C16H25NO/c1-2-6-15(7-3-1)8-4-5-12-18-13-10-16-9-11-17-14-16/h1-3,6-7,16-17H,4-5,8-14H2. The second-order valence-electron chi connectivity index (χ2n) is 5.20. The van der Waals surface area contributed by atoms with E-state index in [9.17, 15) is 0 Å². The SMILES string of the molecule is c1ccc(CCCCOCCC2CCNC2)cc1. The van der Waals surface area contributed by atoms with Crippen LogP contribution in [-0.2, 0) is 11.2 Å². The van der Waals surface area contributed by atoms with Crippen LogP contribution in [0.5, 0.6) is 0 Å². The zero-order valence-corrected chi connectivity index (χ0v) is 11.2. The third kappa shape index (κ3) is 5.19. The predicted molar refractivity (Wildman–Crippen MR) is 75.8 cm³/mol. The molecule has 100 valence electrons. The Bertz CT molecular complexity index is 306. The van der Waals surface area contributed by atoms with Gasteiger partial charge < -0.3 is 10.1 Å². The third-order valence-corrected chi connectivity index (χ3v) is 3.68. The van der Waals surface area contributed by atoms with Crippen molar-refractivity contribution in [2.24, 2.45) is 5.92 Å². The first-order valence-corrected chi connectivity index (χ1v) is 7.27. The molecule has 1 atom stereocenters. The fourth-order valence-electron chi connectivity index (χ4n) is 2.49. The summed E-state index contributed by atoms with van der Waals surface area (Å²) in [5.41, 5.74) is 1.44. The molecule has 1 fully saturated rings. The van der Waals surface area contributed by atoms with E-state index in [0.29, 0.717) is 0 Å². The van der Waals surface area contributed by atoms with Crippen LogP contribution in [0.3, 0.4) is 0 Å². The molecule has 0 amide bonds. The van der Waals surface area contributed by atoms with Gasteiger partial charge in [0.15, 0.2) is 0 Å². The van der Waals surface area contributed by atoms with Crippen LogP contribution in [-0.4, -0.2) is 26.3 Å². The molecule has 1 N–H and O–H groups in total. The van der Waals surface area contributed by atoms with E-state index in [2.05, 4.69) is 35.6 Å². The van der Waals surface area contributed by atoms with E-state index in [0.717, 1.165) is 19.1 Å². The Morgan fingerprint density at radius 2 is 2.00 bits per heavy atom. The summed E-state index contributed by atoms with van der Waals surface area (Å²) in [6.45, 7) is 4.25. The molecule has 1 unspecified atom stereocenters. The second-order valence-corrected chi connectivity index (χ2v) is 5.20. The molecule has 1 aliphatic rings. The minimum absolute atomic E-state index is 0.856. The maximum atomic E-state index is 5.71. The molecule has 1 heterocycles. The van der Waals surface area contributed by atoms with Gasteiger partial charge in [-0.25, -0.2) is 0 Å². The number of rotatable bonds is 8. The van der Waals surface area contributed by atoms with E-state index in [1.165, 1.54) is 50.8 Å². The summed E-state index contributed by atoms with van der Waals surface area (Å²) in [6, 6.07) is 10.7. The van der Waals surface area contributed by atoms with Crippen LogP contribution in [0, 0.1) is 5.92 Å². The van der Waals surface area contributed by atoms with Crippen LogP contribution in [0.1, 0.15) is 31.2 Å². The molecule has 18 heavy (non-hydrogen) atoms. The number of aryl methyl sites for hydroxylation is 1. The molecule has 0 radical (unpaired) electrons. The van der Waals surface area contributed by atoms with Gasteiger partial charge in [0.2, 0.25) is 0 Å². The Labute approximate surface area is 111 Å². The first-order chi connectivity index (χ1) is 8.95. The third-order valence-electron chi connectivity index (χ3n) is 3.68. The van der Waals surface area contributed by atoms with E-state index in [4.69, 9.17) is 4.74 Å². The Morgan fingerprint density at radius 3 is 2.78 bits per heavy atom. The van der Waals surface area contributed by atoms with Crippen molar-refractivity contribution in [3.05, 3.63) is 35.9 Å². The van der Waals surface area contributed by atoms with Crippen LogP contribution in [0.25, 0.3) is 0 Å². The number of hydrogen-bond acceptors (Lipinski definition) is 2. The number of unbranched alkanes of at least 4 members (excludes halogenated alkanes) is 1. The summed E-state index contributed by atoms with van der Waals surface area (Å²) in [7, 11) is 0. The first kappa shape index (κ1) is 13.6. The molecular formula is C16H25NO. The lowest BCUT2D eigenvalue weighted by Gasteiger charge is -2.08. The van der Waals surface area contributed by atoms with Gasteiger partial charge in [-0.15, -0.1) is 0 Å². The summed E-state index contributed by atoms with van der Waals surface area (Å²) in [4.78, 5) is 0. The molecule has 2 nitrogen and oxygen atoms in total. The van der Waals surface area contributed by atoms with Crippen LogP contribution in [0.2, 0.25) is 0 Å². The molecule has 2 rings (SSSR count). The van der Waals surface area contributed by atoms with Crippen molar-refractivity contribution < 1.29 is 4.74 Å². The average molecular weight is 247 g/mol. The fraction of sp³-hybridized carbons (Fsp3) is 0.625. The highest BCUT2D eigenvalue weighted by atomic mass is 16.5. The lowest BCUT2D eigenvalue weighted by molar-refractivity contribution is 0.118. The van der Waals surface area contributed by atoms with Gasteiger partial charge in [0.05, 0.1) is 0 Å². The molecule has 0 saturated carbocycles. The molecule has 1 aromatic carbocycles. The number of hydrogen-bond donors (Lipinski definition) is 1. The van der Waals surface area contributed by atoms with E-state index in [1.807, 2.05) is 0 Å². The van der Waals surface area contributed by atoms with Crippen molar-refractivity contribution in [2.75, 3.05) is 26.3 Å². The highest BCUT2D eigenvalue weighted by molar-refractivity contribution is 5.14. The molecule has 0 bridgehead atoms. The number of ether oxygens (including phenoxy) is 1. The van der Waals surface area contributed by atoms with E-state index in [1.54, 1.807) is 0 Å². The van der Waals surface area contributed by atoms with Crippen molar-refractivity contribution in [3.63, 3.8) is 0 Å². The molecule has 0 aromatic heterocycles. The zero-order chi connectivity index (χ0) is 12.5. The van der Waals surface area contributed by atoms with Crippen LogP contribution in [0.4, 0.5) is 0 Å². The minimum atomic E-state index is 0.856. The monoisotopic (exact) mass is 247 g/mol. The van der Waals surface area contributed by atoms with Gasteiger partial charge in [-0.1, -0.05) is 30.3 Å². The lowest BCUT2D eigenvalue weighted by Crippen LogP contribution is -2.11. The van der Waals surface area contributed by atoms with Gasteiger partial charge in [0.25, 0.3) is 0 Å². The normalized spacial score (nSPS) is 19.2. The van der Waals surface area contributed by atoms with Crippen molar-refractivity contribution in [2.45, 2.75) is 32.1 Å². The van der Waals surface area contributed by atoms with Crippen LogP contribution < -0.4 is 5.32 Å². The van der Waals surface area contributed by atoms with E-state index >= 15 is 0 Å². The highest BCUT2D eigenvalue weighted by Gasteiger charge is 2.13. The Kier molecular flexibility index (Phi) is 6.24. The van der Waals surface area contributed by atoms with Gasteiger partial charge in [-0.3, -0.25) is 0 Å². The molecule has 0 aliphatic carbocycles. The smallest absolute Gasteiger partial charge is 0.0469 e. The molecule has 1 aliphatic heterocycles. The topological polar surface area (TPSA) is 21.3 Å².